The van der Waals surface area contributed by atoms with Crippen molar-refractivity contribution in [3.05, 3.63) is 48.0 Å². The Morgan fingerprint density at radius 3 is 2.30 bits per heavy atom. The third kappa shape index (κ3) is 4.50. The van der Waals surface area contributed by atoms with Crippen LogP contribution in [0.4, 0.5) is 16.0 Å². The van der Waals surface area contributed by atoms with Gasteiger partial charge >= 0.3 is 0 Å². The van der Waals surface area contributed by atoms with Crippen LogP contribution in [-0.2, 0) is 6.42 Å². The van der Waals surface area contributed by atoms with Crippen LogP contribution in [0.2, 0.25) is 0 Å². The zero-order valence-corrected chi connectivity index (χ0v) is 11.6. The van der Waals surface area contributed by atoms with Crippen LogP contribution in [0.1, 0.15) is 18.9 Å². The quantitative estimate of drug-likeness (QED) is 0.814. The molecule has 2 N–H and O–H groups in total. The van der Waals surface area contributed by atoms with E-state index in [-0.39, 0.29) is 5.82 Å². The average Bonchev–Trinajstić information content (AvgIpc) is 2.48. The van der Waals surface area contributed by atoms with Crippen molar-refractivity contribution in [2.24, 2.45) is 0 Å². The summed E-state index contributed by atoms with van der Waals surface area (Å²) in [5.74, 6) is 1.41. The summed E-state index contributed by atoms with van der Waals surface area (Å²) in [7, 11) is 0. The van der Waals surface area contributed by atoms with Crippen molar-refractivity contribution in [3.63, 3.8) is 0 Å². The molecule has 1 aromatic heterocycles. The molecular formula is C15H19FN4. The number of anilines is 2. The van der Waals surface area contributed by atoms with E-state index in [1.54, 1.807) is 12.1 Å². The highest BCUT2D eigenvalue weighted by atomic mass is 19.1. The number of benzene rings is 1. The molecule has 106 valence electrons. The van der Waals surface area contributed by atoms with Gasteiger partial charge in [-0.25, -0.2) is 14.4 Å². The maximum absolute atomic E-state index is 12.8. The molecule has 0 bridgehead atoms. The molecule has 5 heteroatoms. The minimum absolute atomic E-state index is 0.204. The number of hydrogen-bond donors (Lipinski definition) is 2. The fourth-order valence-electron chi connectivity index (χ4n) is 1.79. The molecular weight excluding hydrogens is 255 g/mol. The lowest BCUT2D eigenvalue weighted by atomic mass is 10.1. The minimum Gasteiger partial charge on any atom is -0.370 e. The molecule has 0 aliphatic heterocycles. The van der Waals surface area contributed by atoms with E-state index in [2.05, 4.69) is 27.5 Å². The maximum Gasteiger partial charge on any atom is 0.131 e. The largest absolute Gasteiger partial charge is 0.370 e. The highest BCUT2D eigenvalue weighted by Crippen LogP contribution is 2.09. The second-order valence-corrected chi connectivity index (χ2v) is 4.52. The predicted molar refractivity (Wildman–Crippen MR) is 79.4 cm³/mol. The van der Waals surface area contributed by atoms with E-state index in [0.29, 0.717) is 0 Å². The molecule has 0 atom stereocenters. The number of aromatic nitrogens is 2. The van der Waals surface area contributed by atoms with Gasteiger partial charge < -0.3 is 10.6 Å². The minimum atomic E-state index is -0.204. The van der Waals surface area contributed by atoms with Crippen LogP contribution in [0.5, 0.6) is 0 Å². The SMILES string of the molecule is CCCNc1cc(NCCc2ccc(F)cc2)ncn1. The molecule has 2 rings (SSSR count). The Hall–Kier alpha value is -2.17. The molecule has 0 unspecified atom stereocenters. The molecule has 20 heavy (non-hydrogen) atoms. The molecule has 0 aliphatic rings. The molecule has 1 heterocycles. The number of rotatable bonds is 7. The maximum atomic E-state index is 12.8. The van der Waals surface area contributed by atoms with Crippen LogP contribution in [0.25, 0.3) is 0 Å². The van der Waals surface area contributed by atoms with Gasteiger partial charge in [0.1, 0.15) is 23.8 Å². The Balaban J connectivity index is 1.82. The fraction of sp³-hybridized carbons (Fsp3) is 0.333. The van der Waals surface area contributed by atoms with Crippen molar-refractivity contribution in [3.8, 4) is 0 Å². The van der Waals surface area contributed by atoms with Gasteiger partial charge in [-0.3, -0.25) is 0 Å². The van der Waals surface area contributed by atoms with E-state index in [0.717, 1.165) is 43.1 Å². The van der Waals surface area contributed by atoms with E-state index in [9.17, 15) is 4.39 Å². The van der Waals surface area contributed by atoms with Gasteiger partial charge in [-0.2, -0.15) is 0 Å². The van der Waals surface area contributed by atoms with Crippen molar-refractivity contribution in [1.29, 1.82) is 0 Å². The summed E-state index contributed by atoms with van der Waals surface area (Å²) < 4.78 is 12.8. The van der Waals surface area contributed by atoms with Gasteiger partial charge in [0.2, 0.25) is 0 Å². The summed E-state index contributed by atoms with van der Waals surface area (Å²) in [5, 5.41) is 6.46. The van der Waals surface area contributed by atoms with Gasteiger partial charge in [-0.1, -0.05) is 19.1 Å². The topological polar surface area (TPSA) is 49.8 Å². The normalized spacial score (nSPS) is 10.3. The van der Waals surface area contributed by atoms with Gasteiger partial charge in [-0.05, 0) is 30.5 Å². The zero-order chi connectivity index (χ0) is 14.2. The Kier molecular flexibility index (Phi) is 5.29. The Morgan fingerprint density at radius 2 is 1.65 bits per heavy atom. The Bertz CT molecular complexity index is 528. The lowest BCUT2D eigenvalue weighted by Crippen LogP contribution is -2.08. The summed E-state index contributed by atoms with van der Waals surface area (Å²) >= 11 is 0. The first-order valence-electron chi connectivity index (χ1n) is 6.82. The molecule has 0 aliphatic carbocycles. The smallest absolute Gasteiger partial charge is 0.131 e. The van der Waals surface area contributed by atoms with Crippen LogP contribution in [0.15, 0.2) is 36.7 Å². The third-order valence-electron chi connectivity index (χ3n) is 2.86. The van der Waals surface area contributed by atoms with E-state index in [1.807, 2.05) is 6.07 Å². The fourth-order valence-corrected chi connectivity index (χ4v) is 1.79. The van der Waals surface area contributed by atoms with Crippen molar-refractivity contribution < 1.29 is 4.39 Å². The second kappa shape index (κ2) is 7.43. The van der Waals surface area contributed by atoms with Crippen molar-refractivity contribution in [2.45, 2.75) is 19.8 Å². The first kappa shape index (κ1) is 14.2. The van der Waals surface area contributed by atoms with E-state index in [4.69, 9.17) is 0 Å². The summed E-state index contributed by atoms with van der Waals surface area (Å²) in [6.45, 7) is 3.75. The monoisotopic (exact) mass is 274 g/mol. The lowest BCUT2D eigenvalue weighted by Gasteiger charge is -2.08. The number of nitrogens with zero attached hydrogens (tertiary/aromatic N) is 2. The predicted octanol–water partition coefficient (Wildman–Crippen LogP) is 3.09. The summed E-state index contributed by atoms with van der Waals surface area (Å²) in [6, 6.07) is 8.44. The molecule has 0 spiro atoms. The molecule has 4 nitrogen and oxygen atoms in total. The molecule has 0 amide bonds. The molecule has 0 saturated carbocycles. The first-order chi connectivity index (χ1) is 9.78. The van der Waals surface area contributed by atoms with Gasteiger partial charge in [0.25, 0.3) is 0 Å². The zero-order valence-electron chi connectivity index (χ0n) is 11.6. The molecule has 0 saturated heterocycles. The van der Waals surface area contributed by atoms with Crippen molar-refractivity contribution in [1.82, 2.24) is 9.97 Å². The van der Waals surface area contributed by atoms with Gasteiger partial charge in [-0.15, -0.1) is 0 Å². The summed E-state index contributed by atoms with van der Waals surface area (Å²) in [5.41, 5.74) is 1.09. The number of nitrogens with one attached hydrogen (secondary N) is 2. The van der Waals surface area contributed by atoms with Crippen LogP contribution in [-0.4, -0.2) is 23.1 Å². The van der Waals surface area contributed by atoms with Crippen LogP contribution in [0, 0.1) is 5.82 Å². The number of hydrogen-bond acceptors (Lipinski definition) is 4. The van der Waals surface area contributed by atoms with Gasteiger partial charge in [0.05, 0.1) is 0 Å². The highest BCUT2D eigenvalue weighted by Gasteiger charge is 1.98. The van der Waals surface area contributed by atoms with E-state index >= 15 is 0 Å². The lowest BCUT2D eigenvalue weighted by molar-refractivity contribution is 0.627. The Morgan fingerprint density at radius 1 is 1.00 bits per heavy atom. The molecule has 0 radical (unpaired) electrons. The Labute approximate surface area is 118 Å². The van der Waals surface area contributed by atoms with E-state index in [1.165, 1.54) is 18.5 Å². The average molecular weight is 274 g/mol. The number of halogens is 1. The molecule has 0 fully saturated rings. The van der Waals surface area contributed by atoms with Gasteiger partial charge in [0, 0.05) is 19.2 Å². The van der Waals surface area contributed by atoms with Crippen LogP contribution < -0.4 is 10.6 Å². The summed E-state index contributed by atoms with van der Waals surface area (Å²) in [4.78, 5) is 8.32. The first-order valence-corrected chi connectivity index (χ1v) is 6.82. The second-order valence-electron chi connectivity index (χ2n) is 4.52. The molecule has 1 aromatic carbocycles. The third-order valence-corrected chi connectivity index (χ3v) is 2.86. The van der Waals surface area contributed by atoms with Gasteiger partial charge in [0.15, 0.2) is 0 Å². The van der Waals surface area contributed by atoms with Crippen LogP contribution >= 0.6 is 0 Å². The summed E-state index contributed by atoms with van der Waals surface area (Å²) in [6.07, 6.45) is 3.41. The van der Waals surface area contributed by atoms with Crippen LogP contribution in [0.3, 0.4) is 0 Å². The van der Waals surface area contributed by atoms with E-state index < -0.39 is 0 Å². The van der Waals surface area contributed by atoms with Crippen molar-refractivity contribution >= 4 is 11.6 Å². The van der Waals surface area contributed by atoms with Crippen molar-refractivity contribution in [2.75, 3.05) is 23.7 Å². The molecule has 2 aromatic rings. The highest BCUT2D eigenvalue weighted by molar-refractivity contribution is 5.46. The standard InChI is InChI=1S/C15H19FN4/c1-2-8-17-14-10-15(20-11-19-14)18-9-7-12-3-5-13(16)6-4-12/h3-6,10-11H,2,7-9H2,1H3,(H2,17,18,19,20).